The number of benzene rings is 1. The summed E-state index contributed by atoms with van der Waals surface area (Å²) in [5.74, 6) is 7.82. The maximum atomic E-state index is 5.75. The van der Waals surface area contributed by atoms with Gasteiger partial charge in [0.15, 0.2) is 0 Å². The second kappa shape index (κ2) is 6.49. The van der Waals surface area contributed by atoms with Crippen LogP contribution in [-0.4, -0.2) is 9.97 Å². The van der Waals surface area contributed by atoms with Gasteiger partial charge in [-0.3, -0.25) is 0 Å². The quantitative estimate of drug-likeness (QED) is 0.653. The summed E-state index contributed by atoms with van der Waals surface area (Å²) < 4.78 is 6.61. The molecule has 1 aromatic carbocycles. The van der Waals surface area contributed by atoms with Crippen LogP contribution in [0.3, 0.4) is 0 Å². The van der Waals surface area contributed by atoms with E-state index in [0.29, 0.717) is 23.3 Å². The number of nitrogens with zero attached hydrogens (tertiary/aromatic N) is 2. The van der Waals surface area contributed by atoms with Crippen molar-refractivity contribution in [2.24, 2.45) is 5.84 Å². The van der Waals surface area contributed by atoms with E-state index in [1.54, 1.807) is 6.07 Å². The maximum Gasteiger partial charge on any atom is 0.224 e. The molecule has 0 bridgehead atoms. The number of para-hydroxylation sites is 1. The highest BCUT2D eigenvalue weighted by atomic mass is 79.9. The third-order valence-corrected chi connectivity index (χ3v) is 3.08. The Morgan fingerprint density at radius 3 is 2.79 bits per heavy atom. The van der Waals surface area contributed by atoms with E-state index in [2.05, 4.69) is 38.2 Å². The van der Waals surface area contributed by atoms with E-state index in [4.69, 9.17) is 10.6 Å². The van der Waals surface area contributed by atoms with Crippen LogP contribution in [0.25, 0.3) is 0 Å². The molecule has 2 aromatic rings. The molecule has 5 nitrogen and oxygen atoms in total. The molecule has 3 N–H and O–H groups in total. The van der Waals surface area contributed by atoms with E-state index in [9.17, 15) is 0 Å². The molecule has 0 saturated carbocycles. The number of hydrogen-bond acceptors (Lipinski definition) is 5. The molecule has 0 atom stereocenters. The molecule has 0 fully saturated rings. The average Bonchev–Trinajstić information content (AvgIpc) is 2.41. The summed E-state index contributed by atoms with van der Waals surface area (Å²) >= 11 is 3.43. The molecule has 1 heterocycles. The molecule has 6 heteroatoms. The fourth-order valence-electron chi connectivity index (χ4n) is 1.57. The first-order chi connectivity index (χ1) is 9.22. The number of nitrogens with two attached hydrogens (primary N) is 1. The van der Waals surface area contributed by atoms with Crippen molar-refractivity contribution in [3.8, 4) is 11.6 Å². The van der Waals surface area contributed by atoms with Crippen molar-refractivity contribution in [3.63, 3.8) is 0 Å². The van der Waals surface area contributed by atoms with Crippen molar-refractivity contribution in [2.45, 2.75) is 19.8 Å². The van der Waals surface area contributed by atoms with E-state index in [1.807, 2.05) is 24.3 Å². The van der Waals surface area contributed by atoms with Gasteiger partial charge in [0.1, 0.15) is 17.4 Å². The van der Waals surface area contributed by atoms with Crippen molar-refractivity contribution in [2.75, 3.05) is 5.43 Å². The van der Waals surface area contributed by atoms with Crippen LogP contribution in [0, 0.1) is 0 Å². The smallest absolute Gasteiger partial charge is 0.224 e. The summed E-state index contributed by atoms with van der Waals surface area (Å²) in [5.41, 5.74) is 2.52. The molecule has 0 aliphatic rings. The van der Waals surface area contributed by atoms with Gasteiger partial charge in [-0.2, -0.15) is 4.98 Å². The van der Waals surface area contributed by atoms with Crippen molar-refractivity contribution in [1.29, 1.82) is 0 Å². The fraction of sp³-hybridized carbons (Fsp3) is 0.231. The summed E-state index contributed by atoms with van der Waals surface area (Å²) in [6.07, 6.45) is 1.74. The molecular weight excluding hydrogens is 308 g/mol. The fourth-order valence-corrected chi connectivity index (χ4v) is 1.94. The first-order valence-corrected chi connectivity index (χ1v) is 6.79. The number of anilines is 1. The Balaban J connectivity index is 2.29. The van der Waals surface area contributed by atoms with Gasteiger partial charge < -0.3 is 10.2 Å². The Labute approximate surface area is 120 Å². The zero-order valence-electron chi connectivity index (χ0n) is 10.6. The normalized spacial score (nSPS) is 10.3. The molecule has 100 valence electrons. The molecule has 0 spiro atoms. The van der Waals surface area contributed by atoms with Gasteiger partial charge in [0.05, 0.1) is 4.47 Å². The topological polar surface area (TPSA) is 73.1 Å². The van der Waals surface area contributed by atoms with Crippen LogP contribution in [0.2, 0.25) is 0 Å². The zero-order valence-corrected chi connectivity index (χ0v) is 12.1. The van der Waals surface area contributed by atoms with E-state index < -0.39 is 0 Å². The van der Waals surface area contributed by atoms with Crippen LogP contribution in [0.1, 0.15) is 19.2 Å². The predicted octanol–water partition coefficient (Wildman–Crippen LogP) is 3.27. The van der Waals surface area contributed by atoms with Gasteiger partial charge in [0.25, 0.3) is 0 Å². The number of nitrogen functional groups attached to an aromatic ring is 1. The van der Waals surface area contributed by atoms with Gasteiger partial charge >= 0.3 is 0 Å². The Morgan fingerprint density at radius 2 is 2.11 bits per heavy atom. The highest BCUT2D eigenvalue weighted by Gasteiger charge is 2.07. The number of hydrazine groups is 1. The van der Waals surface area contributed by atoms with Crippen LogP contribution < -0.4 is 16.0 Å². The molecule has 2 rings (SSSR count). The first-order valence-electron chi connectivity index (χ1n) is 6.00. The Kier molecular flexibility index (Phi) is 4.70. The second-order valence-electron chi connectivity index (χ2n) is 3.93. The minimum Gasteiger partial charge on any atom is -0.438 e. The van der Waals surface area contributed by atoms with E-state index >= 15 is 0 Å². The lowest BCUT2D eigenvalue weighted by atomic mass is 10.3. The van der Waals surface area contributed by atoms with Crippen LogP contribution in [0.15, 0.2) is 34.8 Å². The van der Waals surface area contributed by atoms with Gasteiger partial charge in [-0.15, -0.1) is 0 Å². The van der Waals surface area contributed by atoms with Crippen molar-refractivity contribution in [1.82, 2.24) is 9.97 Å². The molecule has 0 aliphatic carbocycles. The standard InChI is InChI=1S/C13H15BrN4O/c1-2-5-11-16-12(18-15)8-13(17-11)19-10-7-4-3-6-9(10)14/h3-4,6-8H,2,5,15H2,1H3,(H,16,17,18). The number of rotatable bonds is 5. The largest absolute Gasteiger partial charge is 0.438 e. The Hall–Kier alpha value is -1.66. The number of hydrogen-bond donors (Lipinski definition) is 2. The minimum atomic E-state index is 0.471. The van der Waals surface area contributed by atoms with Gasteiger partial charge in [-0.05, 0) is 34.5 Å². The number of ether oxygens (including phenoxy) is 1. The SMILES string of the molecule is CCCc1nc(NN)cc(Oc2ccccc2Br)n1. The Morgan fingerprint density at radius 1 is 1.32 bits per heavy atom. The highest BCUT2D eigenvalue weighted by molar-refractivity contribution is 9.10. The molecule has 0 unspecified atom stereocenters. The second-order valence-corrected chi connectivity index (χ2v) is 4.79. The molecular formula is C13H15BrN4O. The number of nitrogens with one attached hydrogen (secondary N) is 1. The van der Waals surface area contributed by atoms with Crippen LogP contribution in [-0.2, 0) is 6.42 Å². The third-order valence-electron chi connectivity index (χ3n) is 2.42. The molecule has 19 heavy (non-hydrogen) atoms. The summed E-state index contributed by atoms with van der Waals surface area (Å²) in [4.78, 5) is 8.62. The van der Waals surface area contributed by atoms with Crippen LogP contribution >= 0.6 is 15.9 Å². The van der Waals surface area contributed by atoms with Gasteiger partial charge in [-0.25, -0.2) is 10.8 Å². The summed E-state index contributed by atoms with van der Waals surface area (Å²) in [7, 11) is 0. The van der Waals surface area contributed by atoms with E-state index in [1.165, 1.54) is 0 Å². The van der Waals surface area contributed by atoms with Gasteiger partial charge in [0.2, 0.25) is 5.88 Å². The average molecular weight is 323 g/mol. The van der Waals surface area contributed by atoms with Crippen molar-refractivity contribution < 1.29 is 4.74 Å². The first kappa shape index (κ1) is 13.8. The summed E-state index contributed by atoms with van der Waals surface area (Å²) in [6, 6.07) is 9.26. The van der Waals surface area contributed by atoms with Crippen LogP contribution in [0.4, 0.5) is 5.82 Å². The lowest BCUT2D eigenvalue weighted by Gasteiger charge is -2.09. The Bertz CT molecular complexity index is 562. The maximum absolute atomic E-state index is 5.75. The molecule has 0 aliphatic heterocycles. The molecule has 1 aromatic heterocycles. The van der Waals surface area contributed by atoms with Crippen molar-refractivity contribution >= 4 is 21.7 Å². The minimum absolute atomic E-state index is 0.471. The van der Waals surface area contributed by atoms with Crippen LogP contribution in [0.5, 0.6) is 11.6 Å². The van der Waals surface area contributed by atoms with E-state index in [-0.39, 0.29) is 0 Å². The number of halogens is 1. The van der Waals surface area contributed by atoms with Crippen molar-refractivity contribution in [3.05, 3.63) is 40.6 Å². The lowest BCUT2D eigenvalue weighted by molar-refractivity contribution is 0.456. The zero-order chi connectivity index (χ0) is 13.7. The summed E-state index contributed by atoms with van der Waals surface area (Å²) in [6.45, 7) is 2.07. The summed E-state index contributed by atoms with van der Waals surface area (Å²) in [5, 5.41) is 0. The highest BCUT2D eigenvalue weighted by Crippen LogP contribution is 2.29. The van der Waals surface area contributed by atoms with Gasteiger partial charge in [0, 0.05) is 12.5 Å². The molecule has 0 saturated heterocycles. The van der Waals surface area contributed by atoms with E-state index in [0.717, 1.165) is 17.3 Å². The predicted molar refractivity (Wildman–Crippen MR) is 78.1 cm³/mol. The lowest BCUT2D eigenvalue weighted by Crippen LogP contribution is -2.10. The monoisotopic (exact) mass is 322 g/mol. The molecule has 0 radical (unpaired) electrons. The van der Waals surface area contributed by atoms with Gasteiger partial charge in [-0.1, -0.05) is 19.1 Å². The molecule has 0 amide bonds. The third kappa shape index (κ3) is 3.65. The number of aromatic nitrogens is 2. The number of aryl methyl sites for hydroxylation is 1.